The third-order valence-electron chi connectivity index (χ3n) is 2.76. The highest BCUT2D eigenvalue weighted by Crippen LogP contribution is 2.23. The van der Waals surface area contributed by atoms with Crippen LogP contribution in [0, 0.1) is 0 Å². The Labute approximate surface area is 99.8 Å². The highest BCUT2D eigenvalue weighted by molar-refractivity contribution is 5.65. The molecule has 0 aromatic carbocycles. The summed E-state index contributed by atoms with van der Waals surface area (Å²) >= 11 is 0. The molecule has 0 unspecified atom stereocenters. The van der Waals surface area contributed by atoms with E-state index in [2.05, 4.69) is 15.0 Å². The molecule has 2 aromatic heterocycles. The van der Waals surface area contributed by atoms with E-state index in [1.54, 1.807) is 24.7 Å². The van der Waals surface area contributed by atoms with Gasteiger partial charge in [-0.1, -0.05) is 13.8 Å². The topological polar surface area (TPSA) is 58.6 Å². The lowest BCUT2D eigenvalue weighted by Crippen LogP contribution is -2.12. The molecule has 0 aliphatic carbocycles. The molecule has 1 N–H and O–H groups in total. The highest BCUT2D eigenvalue weighted by atomic mass is 16.1. The number of nitrogens with one attached hydrogen (secondary N) is 1. The van der Waals surface area contributed by atoms with Crippen LogP contribution in [0.1, 0.15) is 25.1 Å². The van der Waals surface area contributed by atoms with E-state index < -0.39 is 0 Å². The second-order valence-corrected chi connectivity index (χ2v) is 3.81. The molecule has 0 aliphatic rings. The van der Waals surface area contributed by atoms with Gasteiger partial charge in [0.15, 0.2) is 0 Å². The SMILES string of the molecule is CCc1cc(=O)[nH]c(CC)c1-c1cnccn1. The summed E-state index contributed by atoms with van der Waals surface area (Å²) in [6, 6.07) is 1.64. The zero-order chi connectivity index (χ0) is 12.3. The maximum Gasteiger partial charge on any atom is 0.248 e. The molecule has 0 saturated heterocycles. The molecule has 0 spiro atoms. The quantitative estimate of drug-likeness (QED) is 0.875. The van der Waals surface area contributed by atoms with Gasteiger partial charge in [-0.25, -0.2) is 0 Å². The van der Waals surface area contributed by atoms with Crippen molar-refractivity contribution in [2.75, 3.05) is 0 Å². The minimum absolute atomic E-state index is 0.0497. The molecule has 2 aromatic rings. The Morgan fingerprint density at radius 1 is 1.24 bits per heavy atom. The lowest BCUT2D eigenvalue weighted by Gasteiger charge is -2.11. The van der Waals surface area contributed by atoms with E-state index >= 15 is 0 Å². The predicted octanol–water partition coefficient (Wildman–Crippen LogP) is 1.96. The normalized spacial score (nSPS) is 10.5. The Morgan fingerprint density at radius 2 is 2.06 bits per heavy atom. The number of aromatic nitrogens is 3. The van der Waals surface area contributed by atoms with E-state index in [4.69, 9.17) is 0 Å². The lowest BCUT2D eigenvalue weighted by atomic mass is 10.00. The summed E-state index contributed by atoms with van der Waals surface area (Å²) in [6.45, 7) is 4.05. The molecule has 0 saturated carbocycles. The van der Waals surface area contributed by atoms with Gasteiger partial charge in [0.1, 0.15) is 0 Å². The van der Waals surface area contributed by atoms with Crippen LogP contribution in [0.5, 0.6) is 0 Å². The van der Waals surface area contributed by atoms with E-state index in [0.717, 1.165) is 35.4 Å². The minimum atomic E-state index is -0.0497. The van der Waals surface area contributed by atoms with Gasteiger partial charge in [-0.3, -0.25) is 14.8 Å². The maximum absolute atomic E-state index is 11.5. The van der Waals surface area contributed by atoms with Crippen LogP contribution in [-0.4, -0.2) is 15.0 Å². The smallest absolute Gasteiger partial charge is 0.248 e. The molecule has 4 heteroatoms. The number of pyridine rings is 1. The zero-order valence-corrected chi connectivity index (χ0v) is 10.0. The fourth-order valence-corrected chi connectivity index (χ4v) is 1.96. The summed E-state index contributed by atoms with van der Waals surface area (Å²) in [5, 5.41) is 0. The van der Waals surface area contributed by atoms with Crippen LogP contribution >= 0.6 is 0 Å². The van der Waals surface area contributed by atoms with Crippen LogP contribution in [-0.2, 0) is 12.8 Å². The van der Waals surface area contributed by atoms with Crippen molar-refractivity contribution >= 4 is 0 Å². The minimum Gasteiger partial charge on any atom is -0.326 e. The van der Waals surface area contributed by atoms with Gasteiger partial charge >= 0.3 is 0 Å². The van der Waals surface area contributed by atoms with E-state index in [0.29, 0.717) is 0 Å². The molecule has 2 rings (SSSR count). The summed E-state index contributed by atoms with van der Waals surface area (Å²) in [7, 11) is 0. The van der Waals surface area contributed by atoms with Crippen molar-refractivity contribution in [3.8, 4) is 11.3 Å². The van der Waals surface area contributed by atoms with E-state index in [1.165, 1.54) is 0 Å². The number of H-pyrrole nitrogens is 1. The molecule has 88 valence electrons. The van der Waals surface area contributed by atoms with Gasteiger partial charge in [0.05, 0.1) is 11.9 Å². The molecule has 4 nitrogen and oxygen atoms in total. The van der Waals surface area contributed by atoms with Gasteiger partial charge in [0.2, 0.25) is 5.56 Å². The van der Waals surface area contributed by atoms with Gasteiger partial charge in [-0.05, 0) is 18.4 Å². The maximum atomic E-state index is 11.5. The zero-order valence-electron chi connectivity index (χ0n) is 10.0. The first-order chi connectivity index (χ1) is 8.26. The second-order valence-electron chi connectivity index (χ2n) is 3.81. The van der Waals surface area contributed by atoms with Crippen molar-refractivity contribution in [2.24, 2.45) is 0 Å². The molecule has 0 amide bonds. The summed E-state index contributed by atoms with van der Waals surface area (Å²) in [6.07, 6.45) is 6.62. The fourth-order valence-electron chi connectivity index (χ4n) is 1.96. The lowest BCUT2D eigenvalue weighted by molar-refractivity contribution is 0.980. The number of rotatable bonds is 3. The average Bonchev–Trinajstić information content (AvgIpc) is 2.38. The monoisotopic (exact) mass is 229 g/mol. The van der Waals surface area contributed by atoms with E-state index in [-0.39, 0.29) is 5.56 Å². The van der Waals surface area contributed by atoms with Crippen molar-refractivity contribution in [1.29, 1.82) is 0 Å². The van der Waals surface area contributed by atoms with Gasteiger partial charge in [-0.2, -0.15) is 0 Å². The Bertz CT molecular complexity index is 532. The third-order valence-corrected chi connectivity index (χ3v) is 2.76. The van der Waals surface area contributed by atoms with Crippen LogP contribution in [0.4, 0.5) is 0 Å². The fraction of sp³-hybridized carbons (Fsp3) is 0.308. The molecule has 0 fully saturated rings. The number of aryl methyl sites for hydroxylation is 2. The van der Waals surface area contributed by atoms with Gasteiger partial charge in [-0.15, -0.1) is 0 Å². The van der Waals surface area contributed by atoms with Crippen LogP contribution in [0.25, 0.3) is 11.3 Å². The van der Waals surface area contributed by atoms with Crippen molar-refractivity contribution < 1.29 is 0 Å². The largest absolute Gasteiger partial charge is 0.326 e. The summed E-state index contributed by atoms with van der Waals surface area (Å²) < 4.78 is 0. The first-order valence-corrected chi connectivity index (χ1v) is 5.77. The van der Waals surface area contributed by atoms with Crippen molar-refractivity contribution in [3.05, 3.63) is 46.3 Å². The van der Waals surface area contributed by atoms with Crippen molar-refractivity contribution in [2.45, 2.75) is 26.7 Å². The number of hydrogen-bond donors (Lipinski definition) is 1. The van der Waals surface area contributed by atoms with Crippen LogP contribution in [0.15, 0.2) is 29.5 Å². The third kappa shape index (κ3) is 2.25. The van der Waals surface area contributed by atoms with Gasteiger partial charge in [0.25, 0.3) is 0 Å². The van der Waals surface area contributed by atoms with Crippen molar-refractivity contribution in [3.63, 3.8) is 0 Å². The van der Waals surface area contributed by atoms with E-state index in [9.17, 15) is 4.79 Å². The van der Waals surface area contributed by atoms with Crippen molar-refractivity contribution in [1.82, 2.24) is 15.0 Å². The number of nitrogens with zero attached hydrogens (tertiary/aromatic N) is 2. The summed E-state index contributed by atoms with van der Waals surface area (Å²) in [5.41, 5.74) is 3.73. The average molecular weight is 229 g/mol. The standard InChI is InChI=1S/C13H15N3O/c1-3-9-7-12(17)16-10(4-2)13(9)11-8-14-5-6-15-11/h5-8H,3-4H2,1-2H3,(H,16,17). The molecule has 0 bridgehead atoms. The Hall–Kier alpha value is -1.97. The van der Waals surface area contributed by atoms with Gasteiger partial charge in [0, 0.05) is 29.7 Å². The Kier molecular flexibility index (Phi) is 3.32. The molecular weight excluding hydrogens is 214 g/mol. The number of hydrogen-bond acceptors (Lipinski definition) is 3. The first-order valence-electron chi connectivity index (χ1n) is 5.77. The Balaban J connectivity index is 2.71. The summed E-state index contributed by atoms with van der Waals surface area (Å²) in [5.74, 6) is 0. The molecule has 0 radical (unpaired) electrons. The predicted molar refractivity (Wildman–Crippen MR) is 66.8 cm³/mol. The molecule has 17 heavy (non-hydrogen) atoms. The summed E-state index contributed by atoms with van der Waals surface area (Å²) in [4.78, 5) is 22.8. The van der Waals surface area contributed by atoms with Crippen LogP contribution in [0.2, 0.25) is 0 Å². The van der Waals surface area contributed by atoms with Gasteiger partial charge < -0.3 is 4.98 Å². The van der Waals surface area contributed by atoms with E-state index in [1.807, 2.05) is 13.8 Å². The second kappa shape index (κ2) is 4.91. The first kappa shape index (κ1) is 11.5. The van der Waals surface area contributed by atoms with Crippen LogP contribution < -0.4 is 5.56 Å². The molecule has 0 aliphatic heterocycles. The molecule has 0 atom stereocenters. The Morgan fingerprint density at radius 3 is 2.65 bits per heavy atom. The molecule has 2 heterocycles. The van der Waals surface area contributed by atoms with Crippen LogP contribution in [0.3, 0.4) is 0 Å². The molecular formula is C13H15N3O. The number of aromatic amines is 1. The highest BCUT2D eigenvalue weighted by Gasteiger charge is 2.11.